The molecule has 0 unspecified atom stereocenters. The van der Waals surface area contributed by atoms with Gasteiger partial charge in [-0.15, -0.1) is 0 Å². The van der Waals surface area contributed by atoms with Gasteiger partial charge in [0, 0.05) is 32.3 Å². The summed E-state index contributed by atoms with van der Waals surface area (Å²) >= 11 is 0. The molecule has 46 heavy (non-hydrogen) atoms. The molecule has 226 valence electrons. The number of esters is 2. The van der Waals surface area contributed by atoms with Gasteiger partial charge in [-0.2, -0.15) is 0 Å². The number of carbonyl (C=O) groups excluding carboxylic acids is 2. The lowest BCUT2D eigenvalue weighted by atomic mass is 9.96. The van der Waals surface area contributed by atoms with Crippen LogP contribution in [-0.2, 0) is 16.0 Å². The Morgan fingerprint density at radius 2 is 0.913 bits per heavy atom. The summed E-state index contributed by atoms with van der Waals surface area (Å²) in [5.74, 6) is 1.03. The highest BCUT2D eigenvalue weighted by Gasteiger charge is 2.21. The minimum absolute atomic E-state index is 0.294. The van der Waals surface area contributed by atoms with Crippen molar-refractivity contribution in [3.05, 3.63) is 133 Å². The van der Waals surface area contributed by atoms with Crippen LogP contribution in [0.4, 0.5) is 0 Å². The van der Waals surface area contributed by atoms with E-state index in [1.54, 1.807) is 12.1 Å². The van der Waals surface area contributed by atoms with Gasteiger partial charge in [-0.05, 0) is 34.9 Å². The molecule has 7 aromatic rings. The van der Waals surface area contributed by atoms with Crippen LogP contribution < -0.4 is 18.9 Å². The lowest BCUT2D eigenvalue weighted by molar-refractivity contribution is -0.137. The number of carbonyl (C=O) groups is 2. The van der Waals surface area contributed by atoms with Gasteiger partial charge >= 0.3 is 11.9 Å². The molecule has 0 aliphatic heterocycles. The third-order valence-electron chi connectivity index (χ3n) is 8.04. The van der Waals surface area contributed by atoms with E-state index in [4.69, 9.17) is 18.9 Å². The number of hydrogen-bond acceptors (Lipinski definition) is 6. The van der Waals surface area contributed by atoms with E-state index in [1.165, 1.54) is 0 Å². The summed E-state index contributed by atoms with van der Waals surface area (Å²) in [7, 11) is 0. The van der Waals surface area contributed by atoms with E-state index >= 15 is 0 Å². The maximum atomic E-state index is 13.1. The molecule has 7 rings (SSSR count). The molecule has 7 aromatic carbocycles. The van der Waals surface area contributed by atoms with Crippen LogP contribution in [0.15, 0.2) is 127 Å². The van der Waals surface area contributed by atoms with Crippen molar-refractivity contribution < 1.29 is 28.5 Å². The quantitative estimate of drug-likeness (QED) is 0.0929. The Morgan fingerprint density at radius 1 is 0.478 bits per heavy atom. The van der Waals surface area contributed by atoms with Crippen molar-refractivity contribution in [1.82, 2.24) is 0 Å². The smallest absolute Gasteiger partial charge is 0.349 e. The molecule has 0 aromatic heterocycles. The molecule has 0 atom stereocenters. The number of ether oxygens (including phenoxy) is 4. The van der Waals surface area contributed by atoms with Crippen LogP contribution in [0.1, 0.15) is 12.5 Å². The summed E-state index contributed by atoms with van der Waals surface area (Å²) < 4.78 is 24.1. The zero-order valence-electron chi connectivity index (χ0n) is 25.2. The van der Waals surface area contributed by atoms with Gasteiger partial charge in [0.25, 0.3) is 0 Å². The number of fused-ring (bicyclic) bond motifs is 4. The second-order valence-corrected chi connectivity index (χ2v) is 10.9. The normalized spacial score (nSPS) is 11.2. The van der Waals surface area contributed by atoms with Crippen molar-refractivity contribution in [3.8, 4) is 23.0 Å². The zero-order valence-corrected chi connectivity index (χ0v) is 25.2. The van der Waals surface area contributed by atoms with Gasteiger partial charge in [-0.3, -0.25) is 0 Å². The number of rotatable bonds is 9. The highest BCUT2D eigenvalue weighted by molar-refractivity contribution is 6.12. The van der Waals surface area contributed by atoms with E-state index in [2.05, 4.69) is 6.92 Å². The minimum Gasteiger partial charge on any atom is -0.481 e. The van der Waals surface area contributed by atoms with E-state index in [-0.39, 0.29) is 13.2 Å². The molecule has 0 fully saturated rings. The number of benzene rings is 7. The van der Waals surface area contributed by atoms with Gasteiger partial charge in [-0.25, -0.2) is 9.59 Å². The third kappa shape index (κ3) is 5.57. The lowest BCUT2D eigenvalue weighted by Gasteiger charge is -2.19. The molecule has 0 bridgehead atoms. The molecule has 0 radical (unpaired) electrons. The van der Waals surface area contributed by atoms with Crippen LogP contribution in [0.2, 0.25) is 0 Å². The third-order valence-corrected chi connectivity index (χ3v) is 8.04. The molecule has 6 heteroatoms. The summed E-state index contributed by atoms with van der Waals surface area (Å²) in [5, 5.41) is 6.76. The fraction of sp³-hybridized carbons (Fsp3) is 0.100. The minimum atomic E-state index is -0.517. The second-order valence-electron chi connectivity index (χ2n) is 10.9. The summed E-state index contributed by atoms with van der Waals surface area (Å²) in [6.45, 7) is 1.47. The molecule has 0 amide bonds. The maximum absolute atomic E-state index is 13.1. The highest BCUT2D eigenvalue weighted by Crippen LogP contribution is 2.44. The van der Waals surface area contributed by atoms with Crippen LogP contribution in [0.25, 0.3) is 43.1 Å². The summed E-state index contributed by atoms with van der Waals surface area (Å²) in [6, 6.07) is 40.3. The lowest BCUT2D eigenvalue weighted by Crippen LogP contribution is -2.19. The van der Waals surface area contributed by atoms with Gasteiger partial charge in [-0.1, -0.05) is 122 Å². The van der Waals surface area contributed by atoms with E-state index in [0.717, 1.165) is 55.1 Å². The molecule has 0 aliphatic carbocycles. The Kier molecular flexibility index (Phi) is 7.92. The number of aryl methyl sites for hydroxylation is 1. The molecule has 0 saturated heterocycles. The van der Waals surface area contributed by atoms with E-state index in [1.807, 2.05) is 115 Å². The SMILES string of the molecule is CCc1cccc2c(OCC(=O)Oc3cccc4ccccc34)c3ccccc3c(OCC(=O)Oc3cccc4ccccc34)c12. The Labute approximate surface area is 265 Å². The fourth-order valence-corrected chi connectivity index (χ4v) is 5.95. The summed E-state index contributed by atoms with van der Waals surface area (Å²) in [4.78, 5) is 26.2. The Morgan fingerprint density at radius 3 is 1.48 bits per heavy atom. The van der Waals surface area contributed by atoms with Crippen LogP contribution in [0.3, 0.4) is 0 Å². The van der Waals surface area contributed by atoms with Crippen molar-refractivity contribution in [1.29, 1.82) is 0 Å². The second kappa shape index (κ2) is 12.6. The van der Waals surface area contributed by atoms with E-state index < -0.39 is 11.9 Å². The monoisotopic (exact) mass is 606 g/mol. The molecule has 6 nitrogen and oxygen atoms in total. The van der Waals surface area contributed by atoms with Gasteiger partial charge in [0.05, 0.1) is 0 Å². The van der Waals surface area contributed by atoms with Gasteiger partial charge in [0.2, 0.25) is 0 Å². The van der Waals surface area contributed by atoms with E-state index in [9.17, 15) is 9.59 Å². The maximum Gasteiger partial charge on any atom is 0.349 e. The average molecular weight is 607 g/mol. The standard InChI is InChI=1S/C40H30O6/c1-2-26-14-9-21-33-38(26)40(44-25-37(42)46-35-23-11-16-28-13-4-6-18-30(28)35)32-20-8-7-19-31(32)39(33)43-24-36(41)45-34-22-10-15-27-12-3-5-17-29(27)34/h3-23H,2,24-25H2,1H3. The zero-order chi connectivity index (χ0) is 31.5. The molecule has 0 saturated carbocycles. The first-order valence-corrected chi connectivity index (χ1v) is 15.2. The van der Waals surface area contributed by atoms with Gasteiger partial charge in [0.15, 0.2) is 13.2 Å². The molecule has 0 spiro atoms. The molecular formula is C40H30O6. The van der Waals surface area contributed by atoms with Crippen LogP contribution in [-0.4, -0.2) is 25.2 Å². The highest BCUT2D eigenvalue weighted by atomic mass is 16.6. The first-order valence-electron chi connectivity index (χ1n) is 15.2. The van der Waals surface area contributed by atoms with Crippen molar-refractivity contribution in [2.75, 3.05) is 13.2 Å². The first kappa shape index (κ1) is 28.9. The van der Waals surface area contributed by atoms with Gasteiger partial charge in [0.1, 0.15) is 23.0 Å². The van der Waals surface area contributed by atoms with Crippen molar-refractivity contribution in [2.45, 2.75) is 13.3 Å². The van der Waals surface area contributed by atoms with Gasteiger partial charge < -0.3 is 18.9 Å². The van der Waals surface area contributed by atoms with Crippen molar-refractivity contribution in [2.24, 2.45) is 0 Å². The van der Waals surface area contributed by atoms with E-state index in [0.29, 0.717) is 23.0 Å². The predicted molar refractivity (Wildman–Crippen MR) is 181 cm³/mol. The number of hydrogen-bond donors (Lipinski definition) is 0. The Balaban J connectivity index is 1.19. The first-order chi connectivity index (χ1) is 22.6. The van der Waals surface area contributed by atoms with Crippen LogP contribution in [0, 0.1) is 0 Å². The van der Waals surface area contributed by atoms with Crippen molar-refractivity contribution >= 4 is 55.0 Å². The Hall–Kier alpha value is -5.88. The molecule has 0 heterocycles. The molecule has 0 N–H and O–H groups in total. The summed E-state index contributed by atoms with van der Waals surface area (Å²) in [6.07, 6.45) is 0.717. The van der Waals surface area contributed by atoms with Crippen LogP contribution in [0.5, 0.6) is 23.0 Å². The fourth-order valence-electron chi connectivity index (χ4n) is 5.95. The van der Waals surface area contributed by atoms with Crippen LogP contribution >= 0.6 is 0 Å². The van der Waals surface area contributed by atoms with Crippen molar-refractivity contribution in [3.63, 3.8) is 0 Å². The largest absolute Gasteiger partial charge is 0.481 e. The summed E-state index contributed by atoms with van der Waals surface area (Å²) in [5.41, 5.74) is 1.02. The predicted octanol–water partition coefficient (Wildman–Crippen LogP) is 8.83. The average Bonchev–Trinajstić information content (AvgIpc) is 3.09. The Bertz CT molecular complexity index is 2240. The molecular weight excluding hydrogens is 576 g/mol. The molecule has 0 aliphatic rings. The topological polar surface area (TPSA) is 71.1 Å².